The summed E-state index contributed by atoms with van der Waals surface area (Å²) in [6, 6.07) is 16.4. The van der Waals surface area contributed by atoms with Crippen molar-refractivity contribution in [2.75, 3.05) is 0 Å². The van der Waals surface area contributed by atoms with Crippen molar-refractivity contribution in [1.82, 2.24) is 5.16 Å². The minimum absolute atomic E-state index is 0.140. The third-order valence-corrected chi connectivity index (χ3v) is 2.63. The topological polar surface area (TPSA) is 43.1 Å². The second-order valence-corrected chi connectivity index (χ2v) is 3.72. The molecule has 0 saturated heterocycles. The minimum Gasteiger partial charge on any atom is -0.351 e. The first-order valence-corrected chi connectivity index (χ1v) is 5.30. The highest BCUT2D eigenvalue weighted by Gasteiger charge is 2.17. The van der Waals surface area contributed by atoms with Crippen LogP contribution >= 0.6 is 0 Å². The lowest BCUT2D eigenvalue weighted by Crippen LogP contribution is -1.99. The summed E-state index contributed by atoms with van der Waals surface area (Å²) in [4.78, 5) is 12.2. The first kappa shape index (κ1) is 9.78. The van der Waals surface area contributed by atoms with Crippen LogP contribution < -0.4 is 0 Å². The van der Waals surface area contributed by atoms with Crippen molar-refractivity contribution >= 4 is 16.7 Å². The summed E-state index contributed by atoms with van der Waals surface area (Å²) in [6.07, 6.45) is 0. The van der Waals surface area contributed by atoms with E-state index in [4.69, 9.17) is 4.52 Å². The van der Waals surface area contributed by atoms with Gasteiger partial charge in [-0.3, -0.25) is 4.79 Å². The first-order chi connectivity index (χ1) is 8.36. The molecule has 0 spiro atoms. The molecule has 0 fully saturated rings. The number of nitrogens with zero attached hydrogens (tertiary/aromatic N) is 1. The van der Waals surface area contributed by atoms with Gasteiger partial charge in [-0.2, -0.15) is 0 Å². The van der Waals surface area contributed by atoms with E-state index in [-0.39, 0.29) is 5.78 Å². The van der Waals surface area contributed by atoms with Crippen LogP contribution in [0.3, 0.4) is 0 Å². The number of fused-ring (bicyclic) bond motifs is 1. The molecule has 3 nitrogen and oxygen atoms in total. The van der Waals surface area contributed by atoms with Crippen LogP contribution in [0.25, 0.3) is 10.9 Å². The Labute approximate surface area is 97.7 Å². The largest absolute Gasteiger partial charge is 0.351 e. The van der Waals surface area contributed by atoms with E-state index in [1.807, 2.05) is 42.5 Å². The van der Waals surface area contributed by atoms with E-state index >= 15 is 0 Å². The quantitative estimate of drug-likeness (QED) is 0.627. The van der Waals surface area contributed by atoms with E-state index in [1.165, 1.54) is 0 Å². The molecule has 1 heterocycles. The summed E-state index contributed by atoms with van der Waals surface area (Å²) in [6.45, 7) is 0. The number of benzene rings is 2. The highest BCUT2D eigenvalue weighted by Crippen LogP contribution is 2.20. The Morgan fingerprint density at radius 2 is 1.65 bits per heavy atom. The molecule has 0 saturated carbocycles. The fourth-order valence-corrected chi connectivity index (χ4v) is 1.77. The van der Waals surface area contributed by atoms with Crippen molar-refractivity contribution in [3.63, 3.8) is 0 Å². The Balaban J connectivity index is 2.14. The lowest BCUT2D eigenvalue weighted by Gasteiger charge is -1.96. The molecule has 0 bridgehead atoms. The van der Waals surface area contributed by atoms with Gasteiger partial charge in [0.25, 0.3) is 0 Å². The van der Waals surface area contributed by atoms with Gasteiger partial charge in [-0.05, 0) is 12.1 Å². The van der Waals surface area contributed by atoms with Gasteiger partial charge in [0.2, 0.25) is 11.5 Å². The van der Waals surface area contributed by atoms with Crippen molar-refractivity contribution in [2.45, 2.75) is 0 Å². The van der Waals surface area contributed by atoms with Crippen molar-refractivity contribution in [2.24, 2.45) is 0 Å². The normalized spacial score (nSPS) is 10.6. The fraction of sp³-hybridized carbons (Fsp3) is 0. The third-order valence-electron chi connectivity index (χ3n) is 2.63. The maximum atomic E-state index is 12.2. The number of ketones is 1. The molecule has 3 aromatic rings. The average molecular weight is 223 g/mol. The zero-order valence-corrected chi connectivity index (χ0v) is 8.96. The van der Waals surface area contributed by atoms with Gasteiger partial charge in [-0.25, -0.2) is 0 Å². The molecule has 0 aliphatic heterocycles. The van der Waals surface area contributed by atoms with Gasteiger partial charge in [-0.15, -0.1) is 0 Å². The predicted octanol–water partition coefficient (Wildman–Crippen LogP) is 3.06. The van der Waals surface area contributed by atoms with Crippen LogP contribution in [-0.4, -0.2) is 10.9 Å². The van der Waals surface area contributed by atoms with Crippen LogP contribution in [0.1, 0.15) is 16.1 Å². The number of hydrogen-bond acceptors (Lipinski definition) is 3. The fourth-order valence-electron chi connectivity index (χ4n) is 1.77. The van der Waals surface area contributed by atoms with Gasteiger partial charge >= 0.3 is 0 Å². The van der Waals surface area contributed by atoms with Crippen molar-refractivity contribution in [1.29, 1.82) is 0 Å². The third kappa shape index (κ3) is 1.61. The van der Waals surface area contributed by atoms with E-state index in [1.54, 1.807) is 12.1 Å². The van der Waals surface area contributed by atoms with Gasteiger partial charge < -0.3 is 4.52 Å². The summed E-state index contributed by atoms with van der Waals surface area (Å²) < 4.78 is 5.13. The van der Waals surface area contributed by atoms with Gasteiger partial charge in [0.15, 0.2) is 0 Å². The molecule has 1 aromatic heterocycles. The second kappa shape index (κ2) is 3.87. The standard InChI is InChI=1S/C14H9NO2/c16-13(10-6-2-1-3-7-10)14-11-8-4-5-9-12(11)15-17-14/h1-9H. The average Bonchev–Trinajstić information content (AvgIpc) is 2.83. The van der Waals surface area contributed by atoms with Gasteiger partial charge in [-0.1, -0.05) is 47.6 Å². The maximum absolute atomic E-state index is 12.2. The predicted molar refractivity (Wildman–Crippen MR) is 63.9 cm³/mol. The highest BCUT2D eigenvalue weighted by atomic mass is 16.5. The molecule has 0 radical (unpaired) electrons. The SMILES string of the molecule is O=C(c1ccccc1)c1onc2ccccc12. The number of hydrogen-bond donors (Lipinski definition) is 0. The molecule has 3 heteroatoms. The lowest BCUT2D eigenvalue weighted by atomic mass is 10.1. The van der Waals surface area contributed by atoms with E-state index in [0.717, 1.165) is 5.39 Å². The van der Waals surface area contributed by atoms with Crippen LogP contribution in [0.5, 0.6) is 0 Å². The van der Waals surface area contributed by atoms with Gasteiger partial charge in [0.05, 0.1) is 5.39 Å². The molecular formula is C14H9NO2. The van der Waals surface area contributed by atoms with Crippen molar-refractivity contribution in [3.05, 3.63) is 65.9 Å². The highest BCUT2D eigenvalue weighted by molar-refractivity contribution is 6.13. The number of aromatic nitrogens is 1. The molecule has 0 N–H and O–H groups in total. The van der Waals surface area contributed by atoms with Crippen LogP contribution in [0.4, 0.5) is 0 Å². The smallest absolute Gasteiger partial charge is 0.231 e. The summed E-state index contributed by atoms with van der Waals surface area (Å²) in [5.74, 6) is 0.158. The Hall–Kier alpha value is -2.42. The summed E-state index contributed by atoms with van der Waals surface area (Å²) in [5.41, 5.74) is 1.31. The minimum atomic E-state index is -0.140. The van der Waals surface area contributed by atoms with Crippen LogP contribution in [0.2, 0.25) is 0 Å². The molecule has 17 heavy (non-hydrogen) atoms. The van der Waals surface area contributed by atoms with E-state index in [0.29, 0.717) is 16.8 Å². The number of carbonyl (C=O) groups is 1. The zero-order chi connectivity index (χ0) is 11.7. The molecule has 0 aliphatic carbocycles. The zero-order valence-electron chi connectivity index (χ0n) is 8.96. The molecule has 3 rings (SSSR count). The molecule has 2 aromatic carbocycles. The summed E-state index contributed by atoms with van der Waals surface area (Å²) >= 11 is 0. The molecule has 0 atom stereocenters. The Bertz CT molecular complexity index is 671. The van der Waals surface area contributed by atoms with Crippen LogP contribution in [-0.2, 0) is 0 Å². The van der Waals surface area contributed by atoms with E-state index < -0.39 is 0 Å². The van der Waals surface area contributed by atoms with Gasteiger partial charge in [0, 0.05) is 5.56 Å². The van der Waals surface area contributed by atoms with E-state index in [9.17, 15) is 4.79 Å². The molecule has 0 amide bonds. The molecule has 0 aliphatic rings. The Kier molecular flexibility index (Phi) is 2.22. The number of carbonyl (C=O) groups excluding carboxylic acids is 1. The van der Waals surface area contributed by atoms with Crippen molar-refractivity contribution < 1.29 is 9.32 Å². The second-order valence-electron chi connectivity index (χ2n) is 3.72. The summed E-state index contributed by atoms with van der Waals surface area (Å²) in [5, 5.41) is 4.62. The van der Waals surface area contributed by atoms with Crippen LogP contribution in [0, 0.1) is 0 Å². The van der Waals surface area contributed by atoms with E-state index in [2.05, 4.69) is 5.16 Å². The van der Waals surface area contributed by atoms with Crippen LogP contribution in [0.15, 0.2) is 59.1 Å². The molecular weight excluding hydrogens is 214 g/mol. The first-order valence-electron chi connectivity index (χ1n) is 5.30. The van der Waals surface area contributed by atoms with Gasteiger partial charge in [0.1, 0.15) is 5.52 Å². The molecule has 0 unspecified atom stereocenters. The lowest BCUT2D eigenvalue weighted by molar-refractivity contribution is 0.100. The maximum Gasteiger partial charge on any atom is 0.231 e. The molecule has 82 valence electrons. The monoisotopic (exact) mass is 223 g/mol. The van der Waals surface area contributed by atoms with Crippen molar-refractivity contribution in [3.8, 4) is 0 Å². The Morgan fingerprint density at radius 1 is 0.941 bits per heavy atom. The number of rotatable bonds is 2. The Morgan fingerprint density at radius 3 is 2.47 bits per heavy atom. The summed E-state index contributed by atoms with van der Waals surface area (Å²) in [7, 11) is 0.